The number of halogens is 1. The first-order chi connectivity index (χ1) is 10.9. The molecule has 3 nitrogen and oxygen atoms in total. The SMILES string of the molecule is Cc1cc(C)c(C(C)NC(=O)COc2ccc(F)cc2)cc1C. The first kappa shape index (κ1) is 17.0. The normalized spacial score (nSPS) is 11.9. The monoisotopic (exact) mass is 315 g/mol. The van der Waals surface area contributed by atoms with Crippen molar-refractivity contribution in [2.24, 2.45) is 0 Å². The van der Waals surface area contributed by atoms with Gasteiger partial charge in [-0.3, -0.25) is 4.79 Å². The van der Waals surface area contributed by atoms with Crippen LogP contribution < -0.4 is 10.1 Å². The van der Waals surface area contributed by atoms with Crippen molar-refractivity contribution in [1.82, 2.24) is 5.32 Å². The summed E-state index contributed by atoms with van der Waals surface area (Å²) in [4.78, 5) is 12.0. The van der Waals surface area contributed by atoms with Crippen molar-refractivity contribution in [2.75, 3.05) is 6.61 Å². The van der Waals surface area contributed by atoms with Crippen LogP contribution in [-0.2, 0) is 4.79 Å². The molecular weight excluding hydrogens is 293 g/mol. The van der Waals surface area contributed by atoms with E-state index in [9.17, 15) is 9.18 Å². The van der Waals surface area contributed by atoms with Crippen molar-refractivity contribution in [3.63, 3.8) is 0 Å². The highest BCUT2D eigenvalue weighted by Crippen LogP contribution is 2.21. The van der Waals surface area contributed by atoms with Gasteiger partial charge in [-0.1, -0.05) is 12.1 Å². The number of hydrogen-bond acceptors (Lipinski definition) is 2. The van der Waals surface area contributed by atoms with Crippen LogP contribution in [0.25, 0.3) is 0 Å². The number of nitrogens with one attached hydrogen (secondary N) is 1. The van der Waals surface area contributed by atoms with Gasteiger partial charge in [-0.15, -0.1) is 0 Å². The molecule has 0 fully saturated rings. The van der Waals surface area contributed by atoms with Gasteiger partial charge in [0.25, 0.3) is 5.91 Å². The molecule has 1 atom stereocenters. The lowest BCUT2D eigenvalue weighted by Crippen LogP contribution is -2.31. The Morgan fingerprint density at radius 1 is 1.09 bits per heavy atom. The molecule has 0 aromatic heterocycles. The largest absolute Gasteiger partial charge is 0.484 e. The number of benzene rings is 2. The summed E-state index contributed by atoms with van der Waals surface area (Å²) in [5.74, 6) is -0.0725. The van der Waals surface area contributed by atoms with Gasteiger partial charge in [0.05, 0.1) is 6.04 Å². The summed E-state index contributed by atoms with van der Waals surface area (Å²) in [5.41, 5.74) is 4.70. The van der Waals surface area contributed by atoms with Crippen molar-refractivity contribution in [2.45, 2.75) is 33.7 Å². The lowest BCUT2D eigenvalue weighted by molar-refractivity contribution is -0.123. The van der Waals surface area contributed by atoms with E-state index in [1.54, 1.807) is 0 Å². The second kappa shape index (κ2) is 7.27. The summed E-state index contributed by atoms with van der Waals surface area (Å²) >= 11 is 0. The van der Waals surface area contributed by atoms with Gasteiger partial charge in [-0.05, 0) is 74.2 Å². The number of ether oxygens (including phenoxy) is 1. The molecule has 1 unspecified atom stereocenters. The molecule has 0 radical (unpaired) electrons. The molecule has 122 valence electrons. The van der Waals surface area contributed by atoms with Crippen LogP contribution in [0, 0.1) is 26.6 Å². The smallest absolute Gasteiger partial charge is 0.258 e. The average Bonchev–Trinajstić information content (AvgIpc) is 2.50. The summed E-state index contributed by atoms with van der Waals surface area (Å²) < 4.78 is 18.2. The van der Waals surface area contributed by atoms with Crippen LogP contribution in [0.2, 0.25) is 0 Å². The minimum absolute atomic E-state index is 0.0974. The quantitative estimate of drug-likeness (QED) is 0.905. The van der Waals surface area contributed by atoms with Crippen LogP contribution in [0.5, 0.6) is 5.75 Å². The molecule has 1 N–H and O–H groups in total. The predicted molar refractivity (Wildman–Crippen MR) is 89.1 cm³/mol. The molecule has 2 aromatic carbocycles. The maximum atomic E-state index is 12.8. The lowest BCUT2D eigenvalue weighted by atomic mass is 9.96. The summed E-state index contributed by atoms with van der Waals surface area (Å²) in [5, 5.41) is 2.93. The summed E-state index contributed by atoms with van der Waals surface area (Å²) in [6.45, 7) is 8.03. The van der Waals surface area contributed by atoms with Crippen molar-refractivity contribution < 1.29 is 13.9 Å². The summed E-state index contributed by atoms with van der Waals surface area (Å²) in [6.07, 6.45) is 0. The number of rotatable bonds is 5. The number of aryl methyl sites for hydroxylation is 3. The molecule has 2 rings (SSSR count). The van der Waals surface area contributed by atoms with Crippen LogP contribution in [0.1, 0.15) is 35.2 Å². The molecule has 1 amide bonds. The highest BCUT2D eigenvalue weighted by Gasteiger charge is 2.13. The summed E-state index contributed by atoms with van der Waals surface area (Å²) in [6, 6.07) is 9.74. The van der Waals surface area contributed by atoms with Crippen molar-refractivity contribution >= 4 is 5.91 Å². The highest BCUT2D eigenvalue weighted by molar-refractivity contribution is 5.78. The van der Waals surface area contributed by atoms with Crippen LogP contribution in [0.3, 0.4) is 0 Å². The van der Waals surface area contributed by atoms with Gasteiger partial charge < -0.3 is 10.1 Å². The topological polar surface area (TPSA) is 38.3 Å². The van der Waals surface area contributed by atoms with E-state index < -0.39 is 0 Å². The summed E-state index contributed by atoms with van der Waals surface area (Å²) in [7, 11) is 0. The number of hydrogen-bond donors (Lipinski definition) is 1. The van der Waals surface area contributed by atoms with Gasteiger partial charge in [0.15, 0.2) is 6.61 Å². The fourth-order valence-corrected chi connectivity index (χ4v) is 2.49. The molecule has 0 saturated heterocycles. The average molecular weight is 315 g/mol. The minimum Gasteiger partial charge on any atom is -0.484 e. The molecule has 0 heterocycles. The first-order valence-corrected chi connectivity index (χ1v) is 7.62. The standard InChI is InChI=1S/C19H22FNO2/c1-12-9-14(3)18(10-13(12)2)15(4)21-19(22)11-23-17-7-5-16(20)6-8-17/h5-10,15H,11H2,1-4H3,(H,21,22). The lowest BCUT2D eigenvalue weighted by Gasteiger charge is -2.18. The van der Waals surface area contributed by atoms with E-state index in [1.165, 1.54) is 35.4 Å². The van der Waals surface area contributed by atoms with Crippen molar-refractivity contribution in [1.29, 1.82) is 0 Å². The molecule has 23 heavy (non-hydrogen) atoms. The van der Waals surface area contributed by atoms with Crippen LogP contribution in [0.4, 0.5) is 4.39 Å². The highest BCUT2D eigenvalue weighted by atomic mass is 19.1. The molecule has 0 spiro atoms. The van der Waals surface area contributed by atoms with E-state index in [0.717, 1.165) is 11.1 Å². The zero-order valence-electron chi connectivity index (χ0n) is 13.9. The molecule has 0 aliphatic carbocycles. The van der Waals surface area contributed by atoms with E-state index in [1.807, 2.05) is 13.8 Å². The Bertz CT molecular complexity index is 695. The van der Waals surface area contributed by atoms with Gasteiger partial charge >= 0.3 is 0 Å². The maximum absolute atomic E-state index is 12.8. The number of carbonyl (C=O) groups excluding carboxylic acids is 1. The molecule has 0 saturated carbocycles. The molecule has 4 heteroatoms. The minimum atomic E-state index is -0.333. The third kappa shape index (κ3) is 4.55. The second-order valence-electron chi connectivity index (χ2n) is 5.82. The number of amides is 1. The van der Waals surface area contributed by atoms with E-state index in [0.29, 0.717) is 5.75 Å². The van der Waals surface area contributed by atoms with Crippen LogP contribution in [-0.4, -0.2) is 12.5 Å². The van der Waals surface area contributed by atoms with Gasteiger partial charge in [0.1, 0.15) is 11.6 Å². The maximum Gasteiger partial charge on any atom is 0.258 e. The van der Waals surface area contributed by atoms with Crippen molar-refractivity contribution in [3.05, 3.63) is 64.5 Å². The van der Waals surface area contributed by atoms with Gasteiger partial charge in [-0.2, -0.15) is 0 Å². The Hall–Kier alpha value is -2.36. The zero-order chi connectivity index (χ0) is 17.0. The number of carbonyl (C=O) groups is 1. The van der Waals surface area contributed by atoms with Crippen LogP contribution >= 0.6 is 0 Å². The Kier molecular flexibility index (Phi) is 5.37. The molecule has 0 aliphatic heterocycles. The molecular formula is C19H22FNO2. The third-order valence-electron chi connectivity index (χ3n) is 3.91. The molecule has 2 aromatic rings. The second-order valence-corrected chi connectivity index (χ2v) is 5.82. The Morgan fingerprint density at radius 2 is 1.70 bits per heavy atom. The van der Waals surface area contributed by atoms with Gasteiger partial charge in [0.2, 0.25) is 0 Å². The van der Waals surface area contributed by atoms with E-state index in [4.69, 9.17) is 4.74 Å². The zero-order valence-corrected chi connectivity index (χ0v) is 13.9. The first-order valence-electron chi connectivity index (χ1n) is 7.62. The van der Waals surface area contributed by atoms with E-state index in [2.05, 4.69) is 31.3 Å². The van der Waals surface area contributed by atoms with E-state index in [-0.39, 0.29) is 24.4 Å². The van der Waals surface area contributed by atoms with E-state index >= 15 is 0 Å². The third-order valence-corrected chi connectivity index (χ3v) is 3.91. The van der Waals surface area contributed by atoms with Crippen LogP contribution in [0.15, 0.2) is 36.4 Å². The predicted octanol–water partition coefficient (Wildman–Crippen LogP) is 4.01. The fourth-order valence-electron chi connectivity index (χ4n) is 2.49. The fraction of sp³-hybridized carbons (Fsp3) is 0.316. The Balaban J connectivity index is 1.94. The van der Waals surface area contributed by atoms with Crippen molar-refractivity contribution in [3.8, 4) is 5.75 Å². The molecule has 0 bridgehead atoms. The Labute approximate surface area is 136 Å². The van der Waals surface area contributed by atoms with Gasteiger partial charge in [-0.25, -0.2) is 4.39 Å². The Morgan fingerprint density at radius 3 is 2.35 bits per heavy atom. The molecule has 0 aliphatic rings. The van der Waals surface area contributed by atoms with Gasteiger partial charge in [0, 0.05) is 0 Å².